The fourth-order valence-corrected chi connectivity index (χ4v) is 2.11. The molecule has 0 amide bonds. The zero-order valence-corrected chi connectivity index (χ0v) is 10.6. The summed E-state index contributed by atoms with van der Waals surface area (Å²) in [5.74, 6) is 0. The van der Waals surface area contributed by atoms with Crippen molar-refractivity contribution in [3.8, 4) is 0 Å². The van der Waals surface area contributed by atoms with Crippen LogP contribution in [0.3, 0.4) is 0 Å². The number of nitrogens with one attached hydrogen (secondary N) is 2. The first-order valence-corrected chi connectivity index (χ1v) is 6.28. The van der Waals surface area contributed by atoms with Crippen LogP contribution in [0.4, 0.5) is 11.4 Å². The highest BCUT2D eigenvalue weighted by atomic mass is 14.9. The van der Waals surface area contributed by atoms with E-state index in [9.17, 15) is 0 Å². The molecule has 0 aliphatic carbocycles. The first kappa shape index (κ1) is 11.8. The summed E-state index contributed by atoms with van der Waals surface area (Å²) >= 11 is 0. The number of hydrogen-bond donors (Lipinski definition) is 2. The summed E-state index contributed by atoms with van der Waals surface area (Å²) in [5.41, 5.74) is 4.93. The predicted molar refractivity (Wildman–Crippen MR) is 77.5 cm³/mol. The molecule has 17 heavy (non-hydrogen) atoms. The van der Waals surface area contributed by atoms with Gasteiger partial charge in [-0.25, -0.2) is 0 Å². The third-order valence-electron chi connectivity index (χ3n) is 2.96. The molecule has 1 aromatic rings. The van der Waals surface area contributed by atoms with E-state index in [-0.39, 0.29) is 0 Å². The van der Waals surface area contributed by atoms with Crippen LogP contribution >= 0.6 is 0 Å². The molecule has 1 heterocycles. The van der Waals surface area contributed by atoms with Crippen molar-refractivity contribution >= 4 is 23.5 Å². The van der Waals surface area contributed by atoms with E-state index in [1.54, 1.807) is 0 Å². The molecular weight excluding hydrogens is 208 g/mol. The van der Waals surface area contributed by atoms with Crippen LogP contribution in [-0.2, 0) is 0 Å². The first-order chi connectivity index (χ1) is 8.36. The van der Waals surface area contributed by atoms with Crippen molar-refractivity contribution in [1.82, 2.24) is 0 Å². The van der Waals surface area contributed by atoms with Gasteiger partial charge in [-0.05, 0) is 24.0 Å². The summed E-state index contributed by atoms with van der Waals surface area (Å²) in [6.07, 6.45) is 10.9. The van der Waals surface area contributed by atoms with Gasteiger partial charge >= 0.3 is 0 Å². The molecule has 90 valence electrons. The fourth-order valence-electron chi connectivity index (χ4n) is 2.11. The zero-order valence-electron chi connectivity index (χ0n) is 10.6. The second-order valence-electron chi connectivity index (χ2n) is 4.17. The number of anilines is 2. The molecule has 0 saturated heterocycles. The van der Waals surface area contributed by atoms with E-state index >= 15 is 0 Å². The Labute approximate surface area is 103 Å². The molecule has 0 bridgehead atoms. The number of fused-ring (bicyclic) bond motifs is 1. The third kappa shape index (κ3) is 2.52. The van der Waals surface area contributed by atoms with Gasteiger partial charge in [0.25, 0.3) is 0 Å². The third-order valence-corrected chi connectivity index (χ3v) is 2.96. The molecule has 0 aromatic heterocycles. The minimum absolute atomic E-state index is 0.999. The first-order valence-electron chi connectivity index (χ1n) is 6.28. The van der Waals surface area contributed by atoms with Gasteiger partial charge in [0.15, 0.2) is 0 Å². The molecule has 0 unspecified atom stereocenters. The van der Waals surface area contributed by atoms with E-state index in [0.29, 0.717) is 0 Å². The lowest BCUT2D eigenvalue weighted by molar-refractivity contribution is 1.08. The van der Waals surface area contributed by atoms with Gasteiger partial charge in [0.1, 0.15) is 0 Å². The molecule has 0 spiro atoms. The standard InChI is InChI=1S/C15H20N2/c1-3-4-7-12-9-10-13-8-5-6-11-17-15(13)14(12)16-2/h4-5,7-10,16-17H,3,6,11H2,1-2H3. The second kappa shape index (κ2) is 5.58. The topological polar surface area (TPSA) is 24.1 Å². The minimum Gasteiger partial charge on any atom is -0.386 e. The lowest BCUT2D eigenvalue weighted by Gasteiger charge is -2.15. The minimum atomic E-state index is 0.999. The Morgan fingerprint density at radius 3 is 3.06 bits per heavy atom. The van der Waals surface area contributed by atoms with Crippen molar-refractivity contribution in [2.45, 2.75) is 19.8 Å². The Hall–Kier alpha value is -1.70. The predicted octanol–water partition coefficient (Wildman–Crippen LogP) is 3.98. The van der Waals surface area contributed by atoms with Gasteiger partial charge in [-0.3, -0.25) is 0 Å². The van der Waals surface area contributed by atoms with Crippen molar-refractivity contribution in [3.05, 3.63) is 35.4 Å². The van der Waals surface area contributed by atoms with Crippen LogP contribution in [0.1, 0.15) is 30.9 Å². The van der Waals surface area contributed by atoms with E-state index in [0.717, 1.165) is 19.4 Å². The van der Waals surface area contributed by atoms with Crippen LogP contribution in [-0.4, -0.2) is 13.6 Å². The second-order valence-corrected chi connectivity index (χ2v) is 4.17. The van der Waals surface area contributed by atoms with Crippen molar-refractivity contribution in [3.63, 3.8) is 0 Å². The molecule has 2 rings (SSSR count). The summed E-state index contributed by atoms with van der Waals surface area (Å²) in [5, 5.41) is 6.82. The van der Waals surface area contributed by atoms with Crippen LogP contribution in [0.15, 0.2) is 24.3 Å². The van der Waals surface area contributed by atoms with Crippen LogP contribution in [0.25, 0.3) is 12.2 Å². The van der Waals surface area contributed by atoms with E-state index in [1.165, 1.54) is 22.5 Å². The molecule has 2 nitrogen and oxygen atoms in total. The van der Waals surface area contributed by atoms with Gasteiger partial charge in [-0.15, -0.1) is 0 Å². The lowest BCUT2D eigenvalue weighted by Crippen LogP contribution is -2.05. The van der Waals surface area contributed by atoms with Crippen molar-refractivity contribution in [2.75, 3.05) is 24.2 Å². The molecule has 0 radical (unpaired) electrons. The van der Waals surface area contributed by atoms with Crippen molar-refractivity contribution < 1.29 is 0 Å². The molecule has 0 saturated carbocycles. The summed E-state index contributed by atoms with van der Waals surface area (Å²) in [4.78, 5) is 0. The van der Waals surface area contributed by atoms with Crippen LogP contribution in [0.5, 0.6) is 0 Å². The van der Waals surface area contributed by atoms with E-state index < -0.39 is 0 Å². The van der Waals surface area contributed by atoms with Crippen molar-refractivity contribution in [2.24, 2.45) is 0 Å². The number of allylic oxidation sites excluding steroid dienone is 1. The van der Waals surface area contributed by atoms with Gasteiger partial charge in [0.05, 0.1) is 11.4 Å². The maximum atomic E-state index is 3.50. The van der Waals surface area contributed by atoms with E-state index in [4.69, 9.17) is 0 Å². The fraction of sp³-hybridized carbons (Fsp3) is 0.333. The zero-order chi connectivity index (χ0) is 12.1. The van der Waals surface area contributed by atoms with Crippen LogP contribution in [0, 0.1) is 0 Å². The maximum absolute atomic E-state index is 3.50. The molecule has 2 heteroatoms. The Morgan fingerprint density at radius 2 is 2.29 bits per heavy atom. The van der Waals surface area contributed by atoms with Crippen LogP contribution < -0.4 is 10.6 Å². The van der Waals surface area contributed by atoms with Crippen molar-refractivity contribution in [1.29, 1.82) is 0 Å². The van der Waals surface area contributed by atoms with Gasteiger partial charge < -0.3 is 10.6 Å². The average molecular weight is 228 g/mol. The highest BCUT2D eigenvalue weighted by Crippen LogP contribution is 2.33. The Balaban J connectivity index is 2.47. The summed E-state index contributed by atoms with van der Waals surface area (Å²) in [7, 11) is 1.98. The largest absolute Gasteiger partial charge is 0.386 e. The quantitative estimate of drug-likeness (QED) is 0.817. The number of hydrogen-bond acceptors (Lipinski definition) is 2. The molecule has 2 N–H and O–H groups in total. The average Bonchev–Trinajstić information content (AvgIpc) is 2.60. The normalized spacial score (nSPS) is 14.2. The molecule has 0 atom stereocenters. The van der Waals surface area contributed by atoms with Crippen LogP contribution in [0.2, 0.25) is 0 Å². The lowest BCUT2D eigenvalue weighted by atomic mass is 10.0. The van der Waals surface area contributed by atoms with E-state index in [2.05, 4.69) is 54.0 Å². The number of benzene rings is 1. The van der Waals surface area contributed by atoms with Gasteiger partial charge in [-0.2, -0.15) is 0 Å². The smallest absolute Gasteiger partial charge is 0.0655 e. The SMILES string of the molecule is CCC=Cc1ccc2c(c1NC)NCCC=C2. The Morgan fingerprint density at radius 1 is 1.41 bits per heavy atom. The monoisotopic (exact) mass is 228 g/mol. The van der Waals surface area contributed by atoms with Gasteiger partial charge in [-0.1, -0.05) is 43.4 Å². The highest BCUT2D eigenvalue weighted by molar-refractivity contribution is 5.86. The number of rotatable bonds is 3. The van der Waals surface area contributed by atoms with E-state index in [1.807, 2.05) is 7.05 Å². The summed E-state index contributed by atoms with van der Waals surface area (Å²) in [6, 6.07) is 4.36. The molecule has 1 aliphatic heterocycles. The molecule has 1 aliphatic rings. The summed E-state index contributed by atoms with van der Waals surface area (Å²) < 4.78 is 0. The molecule has 0 fully saturated rings. The molecule has 1 aromatic carbocycles. The Kier molecular flexibility index (Phi) is 3.86. The maximum Gasteiger partial charge on any atom is 0.0655 e. The highest BCUT2D eigenvalue weighted by Gasteiger charge is 2.10. The Bertz CT molecular complexity index is 444. The van der Waals surface area contributed by atoms with Gasteiger partial charge in [0, 0.05) is 13.6 Å². The summed E-state index contributed by atoms with van der Waals surface area (Å²) in [6.45, 7) is 3.15. The van der Waals surface area contributed by atoms with Gasteiger partial charge in [0.2, 0.25) is 0 Å². The molecular formula is C15H20N2.